The molecule has 0 aliphatic rings. The quantitative estimate of drug-likeness (QED) is 0.0330. The predicted molar refractivity (Wildman–Crippen MR) is 204 cm³/mol. The Hall–Kier alpha value is -6.36. The van der Waals surface area contributed by atoms with E-state index in [0.29, 0.717) is 5.69 Å². The molecule has 0 aliphatic heterocycles. The number of aryl methyl sites for hydroxylation is 1. The standard InChI is InChI=1S/C33H32ClN9O11S2/c1-18-4-6-19(7-5-18)38-42-29-22(32(47)48)17-26(44)30(31(29)46)43-39-21-9-10-23(25(15-21)37-33(35)49)40-41-24-11-8-20(16-27(24)56(52,53)54)36-28(45)3-2-13-55(50,51)14-12-34/h4-11,15-17,44,46H,2-3,12-14H2,1H3,(H,36,45)(H,47,48)(H3,35,37,49)(H,52,53,54). The van der Waals surface area contributed by atoms with Crippen LogP contribution in [-0.4, -0.2) is 72.0 Å². The van der Waals surface area contributed by atoms with Crippen LogP contribution in [0.5, 0.6) is 11.5 Å². The molecule has 0 heterocycles. The molecule has 294 valence electrons. The number of benzene rings is 4. The molecule has 0 fully saturated rings. The molecule has 23 heteroatoms. The molecule has 4 aromatic carbocycles. The minimum Gasteiger partial charge on any atom is -0.505 e. The van der Waals surface area contributed by atoms with Crippen molar-refractivity contribution >= 4 is 95.0 Å². The average molecular weight is 830 g/mol. The van der Waals surface area contributed by atoms with Gasteiger partial charge in [-0.15, -0.1) is 32.1 Å². The highest BCUT2D eigenvalue weighted by atomic mass is 35.5. The minimum absolute atomic E-state index is 0.0160. The number of rotatable bonds is 16. The largest absolute Gasteiger partial charge is 0.505 e. The number of nitrogens with zero attached hydrogens (tertiary/aromatic N) is 6. The molecule has 0 aliphatic carbocycles. The van der Waals surface area contributed by atoms with Crippen molar-refractivity contribution in [2.75, 3.05) is 28.0 Å². The third-order valence-corrected chi connectivity index (χ3v) is 10.3. The molecule has 4 aromatic rings. The normalized spacial score (nSPS) is 12.1. The van der Waals surface area contributed by atoms with Gasteiger partial charge in [0.05, 0.1) is 34.1 Å². The summed E-state index contributed by atoms with van der Waals surface area (Å²) in [6, 6.07) is 13.4. The SMILES string of the molecule is Cc1ccc(N=Nc2c(C(=O)O)cc(O)c(N=Nc3ccc(N=Nc4ccc(NC(=O)CCCS(=O)(=O)CCCl)cc4S(=O)(=O)O)c(NC(N)=O)c3)c2O)cc1. The van der Waals surface area contributed by atoms with Gasteiger partial charge in [0.25, 0.3) is 10.1 Å². The number of azo groups is 3. The summed E-state index contributed by atoms with van der Waals surface area (Å²) < 4.78 is 57.9. The highest BCUT2D eigenvalue weighted by Crippen LogP contribution is 2.47. The lowest BCUT2D eigenvalue weighted by molar-refractivity contribution is -0.116. The van der Waals surface area contributed by atoms with E-state index in [2.05, 4.69) is 41.3 Å². The van der Waals surface area contributed by atoms with Gasteiger partial charge in [-0.3, -0.25) is 9.35 Å². The molecule has 0 aromatic heterocycles. The summed E-state index contributed by atoms with van der Waals surface area (Å²) in [6.07, 6.45) is -0.228. The fraction of sp³-hybridized carbons (Fsp3) is 0.182. The molecule has 0 bridgehead atoms. The number of hydrogen-bond acceptors (Lipinski definition) is 15. The number of carboxylic acid groups (broad SMARTS) is 1. The zero-order valence-corrected chi connectivity index (χ0v) is 31.4. The van der Waals surface area contributed by atoms with E-state index in [-0.39, 0.29) is 53.0 Å². The molecule has 0 saturated carbocycles. The molecule has 3 amide bonds. The summed E-state index contributed by atoms with van der Waals surface area (Å²) in [6.45, 7) is 1.85. The van der Waals surface area contributed by atoms with E-state index in [1.54, 1.807) is 24.3 Å². The lowest BCUT2D eigenvalue weighted by Crippen LogP contribution is -2.19. The van der Waals surface area contributed by atoms with Crippen molar-refractivity contribution in [2.45, 2.75) is 24.7 Å². The summed E-state index contributed by atoms with van der Waals surface area (Å²) in [5, 5.41) is 59.1. The zero-order chi connectivity index (χ0) is 41.2. The molecular formula is C33H32ClN9O11S2. The monoisotopic (exact) mass is 829 g/mol. The number of carbonyl (C=O) groups is 3. The van der Waals surface area contributed by atoms with Gasteiger partial charge < -0.3 is 31.7 Å². The fourth-order valence-electron chi connectivity index (χ4n) is 4.62. The van der Waals surface area contributed by atoms with E-state index < -0.39 is 76.9 Å². The number of amides is 3. The molecule has 20 nitrogen and oxygen atoms in total. The average Bonchev–Trinajstić information content (AvgIpc) is 3.10. The first-order chi connectivity index (χ1) is 26.4. The lowest BCUT2D eigenvalue weighted by Gasteiger charge is -2.09. The maximum Gasteiger partial charge on any atom is 0.338 e. The van der Waals surface area contributed by atoms with Crippen LogP contribution < -0.4 is 16.4 Å². The number of phenols is 2. The Balaban J connectivity index is 1.61. The van der Waals surface area contributed by atoms with E-state index >= 15 is 0 Å². The number of hydrogen-bond donors (Lipinski definition) is 7. The van der Waals surface area contributed by atoms with Gasteiger partial charge in [0.15, 0.2) is 21.3 Å². The maximum absolute atomic E-state index is 12.4. The molecular weight excluding hydrogens is 798 g/mol. The Morgan fingerprint density at radius 2 is 1.39 bits per heavy atom. The Kier molecular flexibility index (Phi) is 13.9. The second kappa shape index (κ2) is 18.3. The van der Waals surface area contributed by atoms with Gasteiger partial charge in [-0.05, 0) is 67.9 Å². The molecule has 0 saturated heterocycles. The summed E-state index contributed by atoms with van der Waals surface area (Å²) in [5.74, 6) is -4.41. The fourth-order valence-corrected chi connectivity index (χ4v) is 6.99. The summed E-state index contributed by atoms with van der Waals surface area (Å²) in [7, 11) is -8.38. The van der Waals surface area contributed by atoms with Crippen LogP contribution in [-0.2, 0) is 24.7 Å². The van der Waals surface area contributed by atoms with Crippen LogP contribution in [0.3, 0.4) is 0 Å². The van der Waals surface area contributed by atoms with E-state index in [0.717, 1.165) is 23.8 Å². The number of nitrogens with one attached hydrogen (secondary N) is 2. The van der Waals surface area contributed by atoms with E-state index in [1.165, 1.54) is 24.3 Å². The Labute approximate surface area is 323 Å². The first-order valence-electron chi connectivity index (χ1n) is 15.9. The number of sulfone groups is 1. The molecule has 4 rings (SSSR count). The van der Waals surface area contributed by atoms with Gasteiger partial charge in [0.1, 0.15) is 27.7 Å². The lowest BCUT2D eigenvalue weighted by atomic mass is 10.1. The van der Waals surface area contributed by atoms with Crippen molar-refractivity contribution in [1.29, 1.82) is 0 Å². The van der Waals surface area contributed by atoms with Gasteiger partial charge in [-0.1, -0.05) is 17.7 Å². The van der Waals surface area contributed by atoms with Gasteiger partial charge in [0.2, 0.25) is 5.91 Å². The van der Waals surface area contributed by atoms with Crippen molar-refractivity contribution in [1.82, 2.24) is 0 Å². The number of anilines is 2. The smallest absolute Gasteiger partial charge is 0.338 e. The zero-order valence-electron chi connectivity index (χ0n) is 29.0. The molecule has 56 heavy (non-hydrogen) atoms. The Bertz CT molecular complexity index is 2480. The number of carbonyl (C=O) groups excluding carboxylic acids is 2. The molecule has 0 atom stereocenters. The second-order valence-electron chi connectivity index (χ2n) is 11.6. The van der Waals surface area contributed by atoms with Crippen LogP contribution in [0.15, 0.2) is 102 Å². The number of primary amides is 1. The number of urea groups is 1. The minimum atomic E-state index is -4.95. The Morgan fingerprint density at radius 3 is 2.04 bits per heavy atom. The summed E-state index contributed by atoms with van der Waals surface area (Å²) in [5.41, 5.74) is 4.15. The van der Waals surface area contributed by atoms with E-state index in [9.17, 15) is 51.1 Å². The van der Waals surface area contributed by atoms with Gasteiger partial charge in [-0.25, -0.2) is 18.0 Å². The van der Waals surface area contributed by atoms with Crippen molar-refractivity contribution in [2.24, 2.45) is 36.4 Å². The first kappa shape index (κ1) is 42.4. The number of nitrogens with two attached hydrogens (primary N) is 1. The van der Waals surface area contributed by atoms with Crippen molar-refractivity contribution < 1.29 is 51.1 Å². The summed E-state index contributed by atoms with van der Waals surface area (Å²) in [4.78, 5) is 35.3. The second-order valence-corrected chi connectivity index (χ2v) is 15.6. The van der Waals surface area contributed by atoms with Crippen LogP contribution in [0, 0.1) is 6.92 Å². The first-order valence-corrected chi connectivity index (χ1v) is 19.7. The molecule has 0 spiro atoms. The summed E-state index contributed by atoms with van der Waals surface area (Å²) >= 11 is 5.46. The molecule has 0 radical (unpaired) electrons. The van der Waals surface area contributed by atoms with Crippen molar-refractivity contribution in [3.05, 3.63) is 77.9 Å². The van der Waals surface area contributed by atoms with E-state index in [4.69, 9.17) is 17.3 Å². The van der Waals surface area contributed by atoms with Crippen LogP contribution in [0.25, 0.3) is 0 Å². The number of phenolic OH excluding ortho intramolecular Hbond substituents is 2. The van der Waals surface area contributed by atoms with Crippen molar-refractivity contribution in [3.63, 3.8) is 0 Å². The van der Waals surface area contributed by atoms with Gasteiger partial charge in [-0.2, -0.15) is 18.6 Å². The number of carboxylic acids is 1. The van der Waals surface area contributed by atoms with Crippen LogP contribution >= 0.6 is 11.6 Å². The predicted octanol–water partition coefficient (Wildman–Crippen LogP) is 7.46. The number of aromatic carboxylic acids is 1. The maximum atomic E-state index is 12.4. The number of alkyl halides is 1. The topological polar surface area (TPSA) is 325 Å². The van der Waals surface area contributed by atoms with Crippen LogP contribution in [0.4, 0.5) is 50.3 Å². The highest BCUT2D eigenvalue weighted by molar-refractivity contribution is 7.91. The van der Waals surface area contributed by atoms with Gasteiger partial charge >= 0.3 is 12.0 Å². The van der Waals surface area contributed by atoms with Gasteiger partial charge in [0, 0.05) is 18.0 Å². The molecule has 8 N–H and O–H groups in total. The third kappa shape index (κ3) is 11.8. The van der Waals surface area contributed by atoms with Crippen LogP contribution in [0.1, 0.15) is 28.8 Å². The van der Waals surface area contributed by atoms with E-state index in [1.807, 2.05) is 6.92 Å². The molecule has 0 unspecified atom stereocenters. The van der Waals surface area contributed by atoms with Crippen molar-refractivity contribution in [3.8, 4) is 11.5 Å². The Morgan fingerprint density at radius 1 is 0.768 bits per heavy atom. The van der Waals surface area contributed by atoms with Crippen LogP contribution in [0.2, 0.25) is 0 Å². The number of halogens is 1. The third-order valence-electron chi connectivity index (χ3n) is 7.30. The number of aromatic hydroxyl groups is 2. The highest BCUT2D eigenvalue weighted by Gasteiger charge is 2.23.